The molecule has 0 aliphatic heterocycles. The summed E-state index contributed by atoms with van der Waals surface area (Å²) < 4.78 is 11.3. The number of ether oxygens (including phenoxy) is 2. The highest BCUT2D eigenvalue weighted by Crippen LogP contribution is 2.33. The monoisotopic (exact) mass is 264 g/mol. The van der Waals surface area contributed by atoms with Crippen molar-refractivity contribution in [2.75, 3.05) is 13.2 Å². The molecule has 1 aromatic rings. The van der Waals surface area contributed by atoms with Gasteiger partial charge in [0.05, 0.1) is 13.2 Å². The molecule has 0 heterocycles. The van der Waals surface area contributed by atoms with E-state index in [1.807, 2.05) is 6.92 Å². The van der Waals surface area contributed by atoms with Crippen LogP contribution in [0.2, 0.25) is 0 Å². The van der Waals surface area contributed by atoms with Crippen LogP contribution in [0.5, 0.6) is 11.5 Å². The van der Waals surface area contributed by atoms with E-state index >= 15 is 0 Å². The Bertz CT molecular complexity index is 456. The van der Waals surface area contributed by atoms with E-state index < -0.39 is 0 Å². The largest absolute Gasteiger partial charge is 0.490 e. The molecule has 0 amide bonds. The van der Waals surface area contributed by atoms with Gasteiger partial charge in [0.15, 0.2) is 17.3 Å². The minimum Gasteiger partial charge on any atom is -0.490 e. The first-order chi connectivity index (χ1) is 9.24. The average molecular weight is 264 g/mol. The Morgan fingerprint density at radius 3 is 2.79 bits per heavy atom. The van der Waals surface area contributed by atoms with Crippen molar-refractivity contribution in [2.45, 2.75) is 26.2 Å². The molecule has 1 aromatic carbocycles. The van der Waals surface area contributed by atoms with Crippen molar-refractivity contribution in [1.82, 2.24) is 0 Å². The van der Waals surface area contributed by atoms with Crippen LogP contribution >= 0.6 is 0 Å². The van der Waals surface area contributed by atoms with E-state index in [-0.39, 0.29) is 5.84 Å². The summed E-state index contributed by atoms with van der Waals surface area (Å²) in [5.74, 6) is 2.23. The molecular weight excluding hydrogens is 244 g/mol. The minimum absolute atomic E-state index is 0.0606. The van der Waals surface area contributed by atoms with Crippen molar-refractivity contribution in [3.8, 4) is 11.5 Å². The zero-order valence-corrected chi connectivity index (χ0v) is 11.1. The van der Waals surface area contributed by atoms with Crippen molar-refractivity contribution in [3.05, 3.63) is 23.8 Å². The van der Waals surface area contributed by atoms with Gasteiger partial charge in [-0.15, -0.1) is 0 Å². The van der Waals surface area contributed by atoms with Gasteiger partial charge in [-0.3, -0.25) is 0 Å². The zero-order valence-electron chi connectivity index (χ0n) is 11.1. The lowest BCUT2D eigenvalue weighted by molar-refractivity contribution is 0.269. The quantitative estimate of drug-likeness (QED) is 0.343. The molecule has 0 aromatic heterocycles. The normalized spacial score (nSPS) is 15.3. The third-order valence-electron chi connectivity index (χ3n) is 3.13. The van der Waals surface area contributed by atoms with Gasteiger partial charge >= 0.3 is 0 Å². The highest BCUT2D eigenvalue weighted by Gasteiger charge is 2.21. The van der Waals surface area contributed by atoms with Gasteiger partial charge in [0, 0.05) is 5.56 Å². The van der Waals surface area contributed by atoms with Gasteiger partial charge in [0.25, 0.3) is 0 Å². The molecule has 1 aliphatic carbocycles. The van der Waals surface area contributed by atoms with Gasteiger partial charge in [0.2, 0.25) is 0 Å². The van der Waals surface area contributed by atoms with Crippen LogP contribution in [0.25, 0.3) is 0 Å². The SMILES string of the molecule is CCOc1cc(C(N)=NO)ccc1OCCC1CC1. The lowest BCUT2D eigenvalue weighted by Crippen LogP contribution is -2.13. The first-order valence-electron chi connectivity index (χ1n) is 6.62. The Labute approximate surface area is 113 Å². The van der Waals surface area contributed by atoms with E-state index in [0.29, 0.717) is 30.3 Å². The Kier molecular flexibility index (Phi) is 4.49. The number of hydrogen-bond donors (Lipinski definition) is 2. The van der Waals surface area contributed by atoms with E-state index in [2.05, 4.69) is 5.16 Å². The fraction of sp³-hybridized carbons (Fsp3) is 0.500. The standard InChI is InChI=1S/C14H20N2O3/c1-2-18-13-9-11(14(15)16-17)5-6-12(13)19-8-7-10-3-4-10/h5-6,9-10,17H,2-4,7-8H2,1H3,(H2,15,16). The Hall–Kier alpha value is -1.91. The number of rotatable bonds is 7. The third kappa shape index (κ3) is 3.77. The lowest BCUT2D eigenvalue weighted by Gasteiger charge is -2.13. The molecule has 5 nitrogen and oxygen atoms in total. The molecule has 0 radical (unpaired) electrons. The molecule has 19 heavy (non-hydrogen) atoms. The minimum atomic E-state index is 0.0606. The molecular formula is C14H20N2O3. The highest BCUT2D eigenvalue weighted by molar-refractivity contribution is 5.97. The van der Waals surface area contributed by atoms with Crippen molar-refractivity contribution >= 4 is 5.84 Å². The van der Waals surface area contributed by atoms with E-state index in [4.69, 9.17) is 20.4 Å². The average Bonchev–Trinajstić information content (AvgIpc) is 3.24. The summed E-state index contributed by atoms with van der Waals surface area (Å²) in [6.45, 7) is 3.15. The molecule has 0 saturated heterocycles. The predicted octanol–water partition coefficient (Wildman–Crippen LogP) is 2.36. The van der Waals surface area contributed by atoms with Crippen LogP contribution in [0.3, 0.4) is 0 Å². The van der Waals surface area contributed by atoms with E-state index in [1.54, 1.807) is 18.2 Å². The number of benzene rings is 1. The predicted molar refractivity (Wildman–Crippen MR) is 73.0 cm³/mol. The lowest BCUT2D eigenvalue weighted by atomic mass is 10.2. The van der Waals surface area contributed by atoms with Gasteiger partial charge < -0.3 is 20.4 Å². The fourth-order valence-electron chi connectivity index (χ4n) is 1.85. The maximum Gasteiger partial charge on any atom is 0.170 e. The van der Waals surface area contributed by atoms with Crippen LogP contribution in [0.15, 0.2) is 23.4 Å². The molecule has 3 N–H and O–H groups in total. The van der Waals surface area contributed by atoms with Crippen LogP contribution in [0, 0.1) is 5.92 Å². The molecule has 1 saturated carbocycles. The first kappa shape index (κ1) is 13.5. The van der Waals surface area contributed by atoms with Crippen molar-refractivity contribution in [3.63, 3.8) is 0 Å². The summed E-state index contributed by atoms with van der Waals surface area (Å²) in [6.07, 6.45) is 3.74. The van der Waals surface area contributed by atoms with E-state index in [1.165, 1.54) is 12.8 Å². The molecule has 0 bridgehead atoms. The maximum absolute atomic E-state index is 8.68. The Morgan fingerprint density at radius 2 is 2.16 bits per heavy atom. The van der Waals surface area contributed by atoms with Crippen LogP contribution in [0.1, 0.15) is 31.7 Å². The molecule has 0 atom stereocenters. The van der Waals surface area contributed by atoms with Crippen LogP contribution in [-0.2, 0) is 0 Å². The Morgan fingerprint density at radius 1 is 1.37 bits per heavy atom. The van der Waals surface area contributed by atoms with Crippen LogP contribution < -0.4 is 15.2 Å². The van der Waals surface area contributed by atoms with Crippen molar-refractivity contribution in [1.29, 1.82) is 0 Å². The molecule has 2 rings (SSSR count). The molecule has 1 fully saturated rings. The number of oxime groups is 1. The summed E-state index contributed by atoms with van der Waals surface area (Å²) in [7, 11) is 0. The second-order valence-electron chi connectivity index (χ2n) is 4.66. The fourth-order valence-corrected chi connectivity index (χ4v) is 1.85. The highest BCUT2D eigenvalue weighted by atomic mass is 16.5. The number of nitrogens with zero attached hydrogens (tertiary/aromatic N) is 1. The maximum atomic E-state index is 8.68. The van der Waals surface area contributed by atoms with E-state index in [9.17, 15) is 0 Å². The van der Waals surface area contributed by atoms with Crippen molar-refractivity contribution in [2.24, 2.45) is 16.8 Å². The second kappa shape index (κ2) is 6.31. The second-order valence-corrected chi connectivity index (χ2v) is 4.66. The topological polar surface area (TPSA) is 77.1 Å². The third-order valence-corrected chi connectivity index (χ3v) is 3.13. The Balaban J connectivity index is 2.06. The first-order valence-corrected chi connectivity index (χ1v) is 6.62. The summed E-state index contributed by atoms with van der Waals surface area (Å²) in [4.78, 5) is 0. The number of amidine groups is 1. The molecule has 5 heteroatoms. The molecule has 1 aliphatic rings. The summed E-state index contributed by atoms with van der Waals surface area (Å²) in [5.41, 5.74) is 6.17. The molecule has 104 valence electrons. The zero-order chi connectivity index (χ0) is 13.7. The van der Waals surface area contributed by atoms with Gasteiger partial charge in [-0.25, -0.2) is 0 Å². The van der Waals surface area contributed by atoms with Crippen LogP contribution in [-0.4, -0.2) is 24.3 Å². The molecule has 0 unspecified atom stereocenters. The summed E-state index contributed by atoms with van der Waals surface area (Å²) in [6, 6.07) is 5.28. The smallest absolute Gasteiger partial charge is 0.170 e. The van der Waals surface area contributed by atoms with Gasteiger partial charge in [0.1, 0.15) is 0 Å². The van der Waals surface area contributed by atoms with E-state index in [0.717, 1.165) is 12.3 Å². The number of hydrogen-bond acceptors (Lipinski definition) is 4. The molecule has 0 spiro atoms. The van der Waals surface area contributed by atoms with Gasteiger partial charge in [-0.2, -0.15) is 0 Å². The van der Waals surface area contributed by atoms with Gasteiger partial charge in [-0.1, -0.05) is 18.0 Å². The van der Waals surface area contributed by atoms with Gasteiger partial charge in [-0.05, 0) is 37.5 Å². The van der Waals surface area contributed by atoms with Crippen LogP contribution in [0.4, 0.5) is 0 Å². The summed E-state index contributed by atoms with van der Waals surface area (Å²) >= 11 is 0. The summed E-state index contributed by atoms with van der Waals surface area (Å²) in [5, 5.41) is 11.7. The number of nitrogens with two attached hydrogens (primary N) is 1. The van der Waals surface area contributed by atoms with Crippen molar-refractivity contribution < 1.29 is 14.7 Å².